The van der Waals surface area contributed by atoms with E-state index in [2.05, 4.69) is 55.0 Å². The molecule has 0 bridgehead atoms. The second-order valence-corrected chi connectivity index (χ2v) is 7.50. The van der Waals surface area contributed by atoms with Gasteiger partial charge >= 0.3 is 0 Å². The third-order valence-corrected chi connectivity index (χ3v) is 4.59. The summed E-state index contributed by atoms with van der Waals surface area (Å²) in [7, 11) is 0. The third-order valence-electron chi connectivity index (χ3n) is 4.59. The molecule has 0 saturated carbocycles. The van der Waals surface area contributed by atoms with E-state index in [1.807, 2.05) is 0 Å². The molecule has 0 heteroatoms. The average Bonchev–Trinajstić information content (AvgIpc) is 2.32. The molecule has 0 aromatic rings. The summed E-state index contributed by atoms with van der Waals surface area (Å²) in [6.45, 7) is 20.5. The van der Waals surface area contributed by atoms with E-state index in [9.17, 15) is 0 Å². The highest BCUT2D eigenvalue weighted by molar-refractivity contribution is 5.28. The van der Waals surface area contributed by atoms with Crippen molar-refractivity contribution in [1.29, 1.82) is 0 Å². The van der Waals surface area contributed by atoms with Crippen LogP contribution in [-0.2, 0) is 0 Å². The van der Waals surface area contributed by atoms with Gasteiger partial charge in [0.25, 0.3) is 0 Å². The SMILES string of the molecule is C=C(CCC1=C(C)C(C)CC1(C)C)C(C)(C)C. The first-order valence-corrected chi connectivity index (χ1v) is 6.94. The van der Waals surface area contributed by atoms with Gasteiger partial charge in [0.15, 0.2) is 0 Å². The molecule has 17 heavy (non-hydrogen) atoms. The van der Waals surface area contributed by atoms with Gasteiger partial charge in [-0.15, -0.1) is 0 Å². The standard InChI is InChI=1S/C17H30/c1-12-11-17(7,8)15(14(12)3)10-9-13(2)16(4,5)6/h12H,2,9-11H2,1,3-8H3. The van der Waals surface area contributed by atoms with Crippen LogP contribution in [0, 0.1) is 16.7 Å². The summed E-state index contributed by atoms with van der Waals surface area (Å²) in [5.41, 5.74) is 5.37. The zero-order valence-electron chi connectivity index (χ0n) is 12.9. The van der Waals surface area contributed by atoms with Gasteiger partial charge in [-0.2, -0.15) is 0 Å². The van der Waals surface area contributed by atoms with E-state index in [0.29, 0.717) is 5.41 Å². The van der Waals surface area contributed by atoms with Crippen LogP contribution in [0.15, 0.2) is 23.3 Å². The van der Waals surface area contributed by atoms with E-state index >= 15 is 0 Å². The van der Waals surface area contributed by atoms with Crippen molar-refractivity contribution in [2.24, 2.45) is 16.7 Å². The minimum absolute atomic E-state index is 0.253. The van der Waals surface area contributed by atoms with Crippen LogP contribution in [-0.4, -0.2) is 0 Å². The molecule has 1 atom stereocenters. The van der Waals surface area contributed by atoms with Crippen LogP contribution >= 0.6 is 0 Å². The molecule has 0 spiro atoms. The first-order chi connectivity index (χ1) is 7.55. The molecular formula is C17H30. The zero-order chi connectivity index (χ0) is 13.4. The lowest BCUT2D eigenvalue weighted by Gasteiger charge is -2.26. The maximum Gasteiger partial charge on any atom is -0.0136 e. The highest BCUT2D eigenvalue weighted by Crippen LogP contribution is 2.48. The lowest BCUT2D eigenvalue weighted by molar-refractivity contribution is 0.388. The number of allylic oxidation sites excluding steroid dienone is 3. The number of hydrogen-bond donors (Lipinski definition) is 0. The molecule has 1 rings (SSSR count). The summed E-state index contributed by atoms with van der Waals surface area (Å²) >= 11 is 0. The van der Waals surface area contributed by atoms with Gasteiger partial charge in [-0.1, -0.05) is 64.8 Å². The second kappa shape index (κ2) is 4.63. The molecule has 0 heterocycles. The van der Waals surface area contributed by atoms with Gasteiger partial charge in [-0.05, 0) is 42.9 Å². The Balaban J connectivity index is 2.73. The molecule has 1 aliphatic rings. The quantitative estimate of drug-likeness (QED) is 0.545. The second-order valence-electron chi connectivity index (χ2n) is 7.50. The van der Waals surface area contributed by atoms with Crippen molar-refractivity contribution in [2.75, 3.05) is 0 Å². The van der Waals surface area contributed by atoms with Crippen molar-refractivity contribution in [3.8, 4) is 0 Å². The molecule has 0 saturated heterocycles. The largest absolute Gasteiger partial charge is 0.0993 e. The van der Waals surface area contributed by atoms with Crippen molar-refractivity contribution < 1.29 is 0 Å². The van der Waals surface area contributed by atoms with Crippen molar-refractivity contribution >= 4 is 0 Å². The minimum atomic E-state index is 0.253. The van der Waals surface area contributed by atoms with E-state index in [-0.39, 0.29) is 5.41 Å². The van der Waals surface area contributed by atoms with Crippen molar-refractivity contribution in [2.45, 2.75) is 67.7 Å². The van der Waals surface area contributed by atoms with E-state index in [0.717, 1.165) is 12.3 Å². The zero-order valence-corrected chi connectivity index (χ0v) is 12.9. The van der Waals surface area contributed by atoms with Crippen LogP contribution in [0.5, 0.6) is 0 Å². The predicted molar refractivity (Wildman–Crippen MR) is 78.1 cm³/mol. The van der Waals surface area contributed by atoms with E-state index < -0.39 is 0 Å². The van der Waals surface area contributed by atoms with Crippen LogP contribution in [0.4, 0.5) is 0 Å². The third kappa shape index (κ3) is 3.24. The Morgan fingerprint density at radius 2 is 1.88 bits per heavy atom. The van der Waals surface area contributed by atoms with Crippen molar-refractivity contribution in [1.82, 2.24) is 0 Å². The smallest absolute Gasteiger partial charge is 0.0136 e. The minimum Gasteiger partial charge on any atom is -0.0993 e. The number of hydrogen-bond acceptors (Lipinski definition) is 0. The molecule has 0 radical (unpaired) electrons. The molecule has 0 fully saturated rings. The van der Waals surface area contributed by atoms with Gasteiger partial charge in [-0.25, -0.2) is 0 Å². The summed E-state index contributed by atoms with van der Waals surface area (Å²) in [5, 5.41) is 0. The Labute approximate surface area is 108 Å². The fourth-order valence-electron chi connectivity index (χ4n) is 3.06. The highest BCUT2D eigenvalue weighted by atomic mass is 14.4. The van der Waals surface area contributed by atoms with Gasteiger partial charge < -0.3 is 0 Å². The Morgan fingerprint density at radius 3 is 2.24 bits per heavy atom. The van der Waals surface area contributed by atoms with Crippen LogP contribution in [0.1, 0.15) is 67.7 Å². The van der Waals surface area contributed by atoms with E-state index in [1.54, 1.807) is 11.1 Å². The first-order valence-electron chi connectivity index (χ1n) is 6.94. The highest BCUT2D eigenvalue weighted by Gasteiger charge is 2.34. The maximum atomic E-state index is 4.26. The van der Waals surface area contributed by atoms with Crippen molar-refractivity contribution in [3.63, 3.8) is 0 Å². The average molecular weight is 234 g/mol. The van der Waals surface area contributed by atoms with Gasteiger partial charge in [0, 0.05) is 0 Å². The lowest BCUT2D eigenvalue weighted by atomic mass is 9.79. The normalized spacial score (nSPS) is 24.3. The molecule has 1 unspecified atom stereocenters. The van der Waals surface area contributed by atoms with Crippen LogP contribution < -0.4 is 0 Å². The van der Waals surface area contributed by atoms with E-state index in [1.165, 1.54) is 18.4 Å². The van der Waals surface area contributed by atoms with E-state index in [4.69, 9.17) is 0 Å². The van der Waals surface area contributed by atoms with Gasteiger partial charge in [0.05, 0.1) is 0 Å². The molecular weight excluding hydrogens is 204 g/mol. The Hall–Kier alpha value is -0.520. The fourth-order valence-corrected chi connectivity index (χ4v) is 3.06. The van der Waals surface area contributed by atoms with Crippen LogP contribution in [0.3, 0.4) is 0 Å². The van der Waals surface area contributed by atoms with Gasteiger partial charge in [-0.3, -0.25) is 0 Å². The molecule has 0 aliphatic heterocycles. The first kappa shape index (κ1) is 14.5. The topological polar surface area (TPSA) is 0 Å². The predicted octanol–water partition coefficient (Wildman–Crippen LogP) is 5.75. The molecule has 0 aromatic heterocycles. The summed E-state index contributed by atoms with van der Waals surface area (Å²) < 4.78 is 0. The molecule has 0 aromatic carbocycles. The Kier molecular flexibility index (Phi) is 3.96. The van der Waals surface area contributed by atoms with Crippen LogP contribution in [0.2, 0.25) is 0 Å². The summed E-state index contributed by atoms with van der Waals surface area (Å²) in [6.07, 6.45) is 3.67. The molecule has 0 nitrogen and oxygen atoms in total. The lowest BCUT2D eigenvalue weighted by Crippen LogP contribution is -2.13. The summed E-state index contributed by atoms with van der Waals surface area (Å²) in [6, 6.07) is 0. The van der Waals surface area contributed by atoms with Crippen LogP contribution in [0.25, 0.3) is 0 Å². The maximum absolute atomic E-state index is 4.26. The molecule has 0 amide bonds. The summed E-state index contributed by atoms with van der Waals surface area (Å²) in [5.74, 6) is 0.767. The van der Waals surface area contributed by atoms with Gasteiger partial charge in [0.1, 0.15) is 0 Å². The molecule has 98 valence electrons. The molecule has 1 aliphatic carbocycles. The summed E-state index contributed by atoms with van der Waals surface area (Å²) in [4.78, 5) is 0. The fraction of sp³-hybridized carbons (Fsp3) is 0.765. The Morgan fingerprint density at radius 1 is 1.35 bits per heavy atom. The molecule has 0 N–H and O–H groups in total. The number of rotatable bonds is 3. The monoisotopic (exact) mass is 234 g/mol. The Bertz CT molecular complexity index is 334. The van der Waals surface area contributed by atoms with Gasteiger partial charge in [0.2, 0.25) is 0 Å². The van der Waals surface area contributed by atoms with Crippen molar-refractivity contribution in [3.05, 3.63) is 23.3 Å².